The van der Waals surface area contributed by atoms with Crippen LogP contribution in [0.5, 0.6) is 0 Å². The molecule has 0 saturated heterocycles. The van der Waals surface area contributed by atoms with Crippen molar-refractivity contribution in [2.24, 2.45) is 0 Å². The van der Waals surface area contributed by atoms with Crippen molar-refractivity contribution in [1.29, 1.82) is 0 Å². The van der Waals surface area contributed by atoms with Crippen molar-refractivity contribution in [3.05, 3.63) is 35.4 Å². The maximum absolute atomic E-state index is 11.8. The minimum atomic E-state index is -5.12. The van der Waals surface area contributed by atoms with Gasteiger partial charge in [-0.05, 0) is 24.1 Å². The van der Waals surface area contributed by atoms with Crippen LogP contribution in [0.2, 0.25) is 0 Å². The van der Waals surface area contributed by atoms with Gasteiger partial charge in [0.2, 0.25) is 0 Å². The Labute approximate surface area is 104 Å². The number of sulfone groups is 1. The number of hydrogen-bond donors (Lipinski definition) is 1. The highest BCUT2D eigenvalue weighted by atomic mass is 32.3. The van der Waals surface area contributed by atoms with E-state index in [1.807, 2.05) is 6.92 Å². The molecule has 9 heteroatoms. The number of benzene rings is 1. The summed E-state index contributed by atoms with van der Waals surface area (Å²) in [5.41, 5.74) is 9.28. The second kappa shape index (κ2) is 4.99. The molecule has 0 aliphatic carbocycles. The zero-order chi connectivity index (χ0) is 14.0. The van der Waals surface area contributed by atoms with Crippen LogP contribution in [0.4, 0.5) is 0 Å². The van der Waals surface area contributed by atoms with Gasteiger partial charge in [-0.25, -0.2) is 8.42 Å². The molecule has 0 aliphatic heterocycles. The van der Waals surface area contributed by atoms with E-state index in [0.717, 1.165) is 5.56 Å². The van der Waals surface area contributed by atoms with Gasteiger partial charge in [-0.15, -0.1) is 4.79 Å². The topological polar surface area (TPSA) is 125 Å². The lowest BCUT2D eigenvalue weighted by Gasteiger charge is -2.00. The van der Waals surface area contributed by atoms with Crippen molar-refractivity contribution in [3.63, 3.8) is 0 Å². The highest BCUT2D eigenvalue weighted by Gasteiger charge is 2.41. The number of aryl methyl sites for hydroxylation is 1. The molecular formula is C9H10N2O5S2. The normalized spacial score (nSPS) is 11.9. The summed E-state index contributed by atoms with van der Waals surface area (Å²) in [5.74, 6) is 0. The fraction of sp³-hybridized carbons (Fsp3) is 0.222. The van der Waals surface area contributed by atoms with Gasteiger partial charge in [0, 0.05) is 0 Å². The molecule has 0 saturated carbocycles. The summed E-state index contributed by atoms with van der Waals surface area (Å²) in [4.78, 5) is 1.76. The van der Waals surface area contributed by atoms with Crippen LogP contribution in [0.25, 0.3) is 5.53 Å². The Hall–Kier alpha value is -1.54. The first-order valence-corrected chi connectivity index (χ1v) is 7.69. The lowest BCUT2D eigenvalue weighted by atomic mass is 10.2. The smallest absolute Gasteiger partial charge is 0.359 e. The summed E-state index contributed by atoms with van der Waals surface area (Å²) in [6.45, 7) is 1.86. The Morgan fingerprint density at radius 2 is 1.72 bits per heavy atom. The molecule has 0 bridgehead atoms. The Morgan fingerprint density at radius 3 is 2.06 bits per heavy atom. The van der Waals surface area contributed by atoms with Crippen LogP contribution >= 0.6 is 0 Å². The van der Waals surface area contributed by atoms with Crippen LogP contribution in [0, 0.1) is 0 Å². The molecule has 1 N–H and O–H groups in total. The van der Waals surface area contributed by atoms with Crippen molar-refractivity contribution in [2.75, 3.05) is 0 Å². The predicted molar refractivity (Wildman–Crippen MR) is 63.2 cm³/mol. The molecule has 0 aliphatic rings. The fourth-order valence-corrected chi connectivity index (χ4v) is 3.55. The summed E-state index contributed by atoms with van der Waals surface area (Å²) in [5, 5.41) is 0. The molecule has 0 aromatic heterocycles. The Bertz CT molecular complexity index is 698. The summed E-state index contributed by atoms with van der Waals surface area (Å²) in [7, 11) is -9.70. The summed E-state index contributed by atoms with van der Waals surface area (Å²) in [6, 6.07) is 5.33. The van der Waals surface area contributed by atoms with Crippen LogP contribution < -0.4 is 0 Å². The molecule has 0 fully saturated rings. The third-order valence-electron chi connectivity index (χ3n) is 2.17. The van der Waals surface area contributed by atoms with Gasteiger partial charge in [0.15, 0.2) is 0 Å². The molecule has 0 amide bonds. The molecule has 1 aromatic carbocycles. The van der Waals surface area contributed by atoms with Gasteiger partial charge in [-0.1, -0.05) is 19.1 Å². The third kappa shape index (κ3) is 2.82. The van der Waals surface area contributed by atoms with Crippen LogP contribution in [0.15, 0.2) is 29.2 Å². The van der Waals surface area contributed by atoms with Gasteiger partial charge >= 0.3 is 14.5 Å². The number of nitrogens with zero attached hydrogens (tertiary/aromatic N) is 2. The lowest BCUT2D eigenvalue weighted by Crippen LogP contribution is -2.25. The number of rotatable bonds is 2. The molecule has 0 atom stereocenters. The fourth-order valence-electron chi connectivity index (χ4n) is 1.25. The van der Waals surface area contributed by atoms with Gasteiger partial charge in [0.25, 0.3) is 9.84 Å². The van der Waals surface area contributed by atoms with Crippen LogP contribution in [-0.2, 0) is 26.4 Å². The average molecular weight is 290 g/mol. The maximum atomic E-state index is 11.8. The van der Waals surface area contributed by atoms with Gasteiger partial charge in [-0.2, -0.15) is 8.42 Å². The van der Waals surface area contributed by atoms with Crippen LogP contribution in [0.1, 0.15) is 12.5 Å². The monoisotopic (exact) mass is 290 g/mol. The SMILES string of the molecule is CCc1ccc(S(=O)(=O)C(=[N+]=[N-])S(=O)(=O)O)cc1. The average Bonchev–Trinajstić information content (AvgIpc) is 2.27. The maximum Gasteiger partial charge on any atom is 0.525 e. The van der Waals surface area contributed by atoms with E-state index >= 15 is 0 Å². The minimum absolute atomic E-state index is 0.384. The molecule has 1 aromatic rings. The van der Waals surface area contributed by atoms with E-state index in [4.69, 9.17) is 10.1 Å². The van der Waals surface area contributed by atoms with Crippen molar-refractivity contribution >= 4 is 24.3 Å². The van der Waals surface area contributed by atoms with E-state index in [9.17, 15) is 16.8 Å². The number of hydrogen-bond acceptors (Lipinski definition) is 4. The van der Waals surface area contributed by atoms with Gasteiger partial charge in [0.05, 0.1) is 4.90 Å². The second-order valence-electron chi connectivity index (χ2n) is 3.34. The standard InChI is InChI=1S/C9H10N2O5S2/c1-2-7-3-5-8(6-4-7)17(12,13)9(11-10)18(14,15)16/h3-6H,2H2,1H3,(H,14,15,16). The molecule has 18 heavy (non-hydrogen) atoms. The molecule has 7 nitrogen and oxygen atoms in total. The van der Waals surface area contributed by atoms with Crippen LogP contribution in [-0.4, -0.2) is 30.6 Å². The van der Waals surface area contributed by atoms with Crippen molar-refractivity contribution in [2.45, 2.75) is 18.2 Å². The van der Waals surface area contributed by atoms with Crippen LogP contribution in [0.3, 0.4) is 0 Å². The summed E-state index contributed by atoms with van der Waals surface area (Å²) in [6.07, 6.45) is 0.680. The molecule has 0 spiro atoms. The third-order valence-corrected chi connectivity index (χ3v) is 5.42. The minimum Gasteiger partial charge on any atom is -0.359 e. The van der Waals surface area contributed by atoms with Gasteiger partial charge in [0.1, 0.15) is 0 Å². The first kappa shape index (κ1) is 14.5. The van der Waals surface area contributed by atoms with E-state index < -0.39 is 24.3 Å². The predicted octanol–water partition coefficient (Wildman–Crippen LogP) is 0.496. The molecule has 0 unspecified atom stereocenters. The summed E-state index contributed by atoms with van der Waals surface area (Å²) >= 11 is 0. The molecular weight excluding hydrogens is 280 g/mol. The first-order chi connectivity index (χ1) is 8.23. The molecule has 1 rings (SSSR count). The Kier molecular flexibility index (Phi) is 4.02. The quantitative estimate of drug-likeness (QED) is 0.279. The molecule has 98 valence electrons. The van der Waals surface area contributed by atoms with E-state index in [0.29, 0.717) is 6.42 Å². The zero-order valence-electron chi connectivity index (χ0n) is 9.31. The first-order valence-electron chi connectivity index (χ1n) is 4.77. The highest BCUT2D eigenvalue weighted by molar-refractivity contribution is 8.28. The highest BCUT2D eigenvalue weighted by Crippen LogP contribution is 2.15. The van der Waals surface area contributed by atoms with Crippen molar-refractivity contribution in [3.8, 4) is 0 Å². The molecule has 0 heterocycles. The van der Waals surface area contributed by atoms with E-state index in [1.165, 1.54) is 24.3 Å². The second-order valence-corrected chi connectivity index (χ2v) is 6.80. The molecule has 0 radical (unpaired) electrons. The van der Waals surface area contributed by atoms with Crippen molar-refractivity contribution < 1.29 is 26.2 Å². The van der Waals surface area contributed by atoms with E-state index in [2.05, 4.69) is 4.79 Å². The van der Waals surface area contributed by atoms with E-state index in [1.54, 1.807) is 0 Å². The van der Waals surface area contributed by atoms with E-state index in [-0.39, 0.29) is 4.90 Å². The van der Waals surface area contributed by atoms with Gasteiger partial charge < -0.3 is 5.53 Å². The zero-order valence-corrected chi connectivity index (χ0v) is 10.9. The summed E-state index contributed by atoms with van der Waals surface area (Å²) < 4.78 is 52.1. The largest absolute Gasteiger partial charge is 0.525 e. The van der Waals surface area contributed by atoms with Gasteiger partial charge in [-0.3, -0.25) is 4.55 Å². The van der Waals surface area contributed by atoms with Crippen molar-refractivity contribution in [1.82, 2.24) is 0 Å². The Morgan fingerprint density at radius 1 is 1.22 bits per heavy atom. The lowest BCUT2D eigenvalue weighted by molar-refractivity contribution is 0.00315. The Balaban J connectivity index is 3.43.